The number of ether oxygens (including phenoxy) is 2. The van der Waals surface area contributed by atoms with Crippen LogP contribution in [0.1, 0.15) is 25.3 Å². The maximum atomic E-state index is 13.0. The zero-order valence-electron chi connectivity index (χ0n) is 16.5. The molecule has 2 aromatic rings. The molecular weight excluding hydrogens is 457 g/mol. The van der Waals surface area contributed by atoms with E-state index in [1.165, 1.54) is 12.1 Å². The number of benzene rings is 2. The summed E-state index contributed by atoms with van der Waals surface area (Å²) in [5, 5.41) is 8.20. The second kappa shape index (κ2) is 10.3. The van der Waals surface area contributed by atoms with Gasteiger partial charge < -0.3 is 25.4 Å². The lowest BCUT2D eigenvalue weighted by Crippen LogP contribution is -2.47. The number of hydrogen-bond donors (Lipinski definition) is 3. The number of carbonyl (C=O) groups excluding carboxylic acids is 2. The van der Waals surface area contributed by atoms with E-state index in [4.69, 9.17) is 9.47 Å². The average Bonchev–Trinajstić information content (AvgIpc) is 2.73. The van der Waals surface area contributed by atoms with Crippen molar-refractivity contribution >= 4 is 33.6 Å². The Morgan fingerprint density at radius 1 is 1.13 bits per heavy atom. The van der Waals surface area contributed by atoms with Gasteiger partial charge in [0.1, 0.15) is 25.1 Å². The molecule has 160 valence electrons. The first kappa shape index (κ1) is 21.9. The van der Waals surface area contributed by atoms with Crippen molar-refractivity contribution in [2.75, 3.05) is 18.5 Å². The van der Waals surface area contributed by atoms with E-state index in [9.17, 15) is 14.0 Å². The molecule has 1 heterocycles. The Morgan fingerprint density at radius 3 is 2.47 bits per heavy atom. The molecule has 0 saturated heterocycles. The number of rotatable bonds is 7. The number of nitrogens with one attached hydrogen (secondary N) is 3. The zero-order chi connectivity index (χ0) is 21.5. The summed E-state index contributed by atoms with van der Waals surface area (Å²) in [5.74, 6) is 0.477. The Hall–Kier alpha value is -2.81. The van der Waals surface area contributed by atoms with E-state index in [1.807, 2.05) is 6.92 Å². The van der Waals surface area contributed by atoms with Gasteiger partial charge in [-0.3, -0.25) is 4.79 Å². The Labute approximate surface area is 182 Å². The molecule has 2 aromatic carbocycles. The molecule has 3 N–H and O–H groups in total. The van der Waals surface area contributed by atoms with Crippen molar-refractivity contribution < 1.29 is 23.5 Å². The van der Waals surface area contributed by atoms with E-state index in [2.05, 4.69) is 31.9 Å². The summed E-state index contributed by atoms with van der Waals surface area (Å²) in [7, 11) is 0. The van der Waals surface area contributed by atoms with E-state index in [0.717, 1.165) is 5.56 Å². The molecule has 0 fully saturated rings. The number of halogens is 2. The lowest BCUT2D eigenvalue weighted by molar-refractivity contribution is -0.118. The summed E-state index contributed by atoms with van der Waals surface area (Å²) in [5.41, 5.74) is 1.28. The summed E-state index contributed by atoms with van der Waals surface area (Å²) in [6.45, 7) is 3.07. The third kappa shape index (κ3) is 5.85. The molecule has 0 radical (unpaired) electrons. The molecule has 3 rings (SSSR count). The van der Waals surface area contributed by atoms with Crippen LogP contribution >= 0.6 is 15.9 Å². The molecule has 1 aliphatic rings. The molecule has 0 bridgehead atoms. The molecule has 0 aliphatic carbocycles. The highest BCUT2D eigenvalue weighted by atomic mass is 79.9. The van der Waals surface area contributed by atoms with E-state index in [0.29, 0.717) is 47.7 Å². The highest BCUT2D eigenvalue weighted by molar-refractivity contribution is 9.10. The van der Waals surface area contributed by atoms with Crippen molar-refractivity contribution in [1.82, 2.24) is 10.6 Å². The van der Waals surface area contributed by atoms with Gasteiger partial charge in [-0.25, -0.2) is 9.18 Å². The van der Waals surface area contributed by atoms with Crippen molar-refractivity contribution in [2.24, 2.45) is 0 Å². The summed E-state index contributed by atoms with van der Waals surface area (Å²) in [6.07, 6.45) is 1.18. The van der Waals surface area contributed by atoms with Crippen LogP contribution in [0.25, 0.3) is 0 Å². The Morgan fingerprint density at radius 2 is 1.80 bits per heavy atom. The molecule has 7 nitrogen and oxygen atoms in total. The van der Waals surface area contributed by atoms with Gasteiger partial charge in [0.2, 0.25) is 5.91 Å². The number of anilines is 1. The predicted octanol–water partition coefficient (Wildman–Crippen LogP) is 3.97. The van der Waals surface area contributed by atoms with Gasteiger partial charge in [-0.15, -0.1) is 0 Å². The van der Waals surface area contributed by atoms with E-state index in [-0.39, 0.29) is 18.3 Å². The van der Waals surface area contributed by atoms with Crippen LogP contribution in [0.3, 0.4) is 0 Å². The minimum absolute atomic E-state index is 0.223. The van der Waals surface area contributed by atoms with Crippen molar-refractivity contribution in [1.29, 1.82) is 0 Å². The number of amides is 3. The molecule has 0 aromatic heterocycles. The van der Waals surface area contributed by atoms with Crippen LogP contribution in [0.15, 0.2) is 40.9 Å². The minimum atomic E-state index is -0.719. The van der Waals surface area contributed by atoms with Gasteiger partial charge >= 0.3 is 6.03 Å². The fraction of sp³-hybridized carbons (Fsp3) is 0.333. The summed E-state index contributed by atoms with van der Waals surface area (Å²) in [6, 6.07) is 8.06. The van der Waals surface area contributed by atoms with E-state index in [1.54, 1.807) is 24.3 Å². The lowest BCUT2D eigenvalue weighted by Gasteiger charge is -2.22. The van der Waals surface area contributed by atoms with Crippen LogP contribution in [0.4, 0.5) is 14.9 Å². The van der Waals surface area contributed by atoms with Crippen molar-refractivity contribution in [3.05, 3.63) is 52.3 Å². The zero-order valence-corrected chi connectivity index (χ0v) is 18.1. The molecule has 1 unspecified atom stereocenters. The van der Waals surface area contributed by atoms with Gasteiger partial charge in [-0.2, -0.15) is 0 Å². The molecule has 9 heteroatoms. The smallest absolute Gasteiger partial charge is 0.315 e. The highest BCUT2D eigenvalue weighted by Gasteiger charge is 2.22. The van der Waals surface area contributed by atoms with Crippen LogP contribution in [0.5, 0.6) is 11.5 Å². The van der Waals surface area contributed by atoms with Gasteiger partial charge in [-0.05, 0) is 40.0 Å². The highest BCUT2D eigenvalue weighted by Crippen LogP contribution is 2.38. The molecular formula is C21H23BrFN3O4. The predicted molar refractivity (Wildman–Crippen MR) is 114 cm³/mol. The van der Waals surface area contributed by atoms with E-state index >= 15 is 0 Å². The lowest BCUT2D eigenvalue weighted by atomic mass is 10.1. The Bertz CT molecular complexity index is 908. The molecule has 0 spiro atoms. The van der Waals surface area contributed by atoms with Crippen LogP contribution < -0.4 is 25.4 Å². The first-order valence-corrected chi connectivity index (χ1v) is 10.4. The van der Waals surface area contributed by atoms with Gasteiger partial charge in [0, 0.05) is 23.2 Å². The number of hydrogen-bond acceptors (Lipinski definition) is 4. The summed E-state index contributed by atoms with van der Waals surface area (Å²) >= 11 is 3.42. The quantitative estimate of drug-likeness (QED) is 0.560. The third-order valence-corrected chi connectivity index (χ3v) is 5.11. The Balaban J connectivity index is 1.60. The maximum Gasteiger partial charge on any atom is 0.315 e. The van der Waals surface area contributed by atoms with Gasteiger partial charge in [0.15, 0.2) is 11.5 Å². The second-order valence-electron chi connectivity index (χ2n) is 6.76. The van der Waals surface area contributed by atoms with Gasteiger partial charge in [-0.1, -0.05) is 25.5 Å². The van der Waals surface area contributed by atoms with Gasteiger partial charge in [0.25, 0.3) is 0 Å². The van der Waals surface area contributed by atoms with E-state index < -0.39 is 12.1 Å². The first-order valence-electron chi connectivity index (χ1n) is 9.65. The SMILES string of the molecule is CCCC(NC(=O)NCc1ccc(F)cc1)C(=O)Nc1cc2c(cc1Br)OCCO2. The second-order valence-corrected chi connectivity index (χ2v) is 7.61. The van der Waals surface area contributed by atoms with Crippen molar-refractivity contribution in [2.45, 2.75) is 32.4 Å². The summed E-state index contributed by atoms with van der Waals surface area (Å²) in [4.78, 5) is 25.0. The molecule has 1 aliphatic heterocycles. The fourth-order valence-electron chi connectivity index (χ4n) is 2.93. The monoisotopic (exact) mass is 479 g/mol. The van der Waals surface area contributed by atoms with Crippen LogP contribution in [-0.4, -0.2) is 31.2 Å². The molecule has 3 amide bonds. The maximum absolute atomic E-state index is 13.0. The van der Waals surface area contributed by atoms with Crippen LogP contribution in [0.2, 0.25) is 0 Å². The molecule has 30 heavy (non-hydrogen) atoms. The Kier molecular flexibility index (Phi) is 7.51. The topological polar surface area (TPSA) is 88.7 Å². The van der Waals surface area contributed by atoms with Crippen molar-refractivity contribution in [3.63, 3.8) is 0 Å². The molecule has 0 saturated carbocycles. The minimum Gasteiger partial charge on any atom is -0.486 e. The number of fused-ring (bicyclic) bond motifs is 1. The number of urea groups is 1. The normalized spacial score (nSPS) is 13.3. The third-order valence-electron chi connectivity index (χ3n) is 4.46. The molecule has 1 atom stereocenters. The van der Waals surface area contributed by atoms with Crippen molar-refractivity contribution in [3.8, 4) is 11.5 Å². The number of carbonyl (C=O) groups is 2. The fourth-order valence-corrected chi connectivity index (χ4v) is 3.35. The summed E-state index contributed by atoms with van der Waals surface area (Å²) < 4.78 is 24.7. The average molecular weight is 480 g/mol. The standard InChI is InChI=1S/C21H23BrFN3O4/c1-2-3-16(26-21(28)24-12-13-4-6-14(23)7-5-13)20(27)25-17-11-19-18(10-15(17)22)29-8-9-30-19/h4-7,10-11,16H,2-3,8-9,12H2,1H3,(H,25,27)(H2,24,26,28). The van der Waals surface area contributed by atoms with Crippen LogP contribution in [-0.2, 0) is 11.3 Å². The van der Waals surface area contributed by atoms with Gasteiger partial charge in [0.05, 0.1) is 5.69 Å². The largest absolute Gasteiger partial charge is 0.486 e. The van der Waals surface area contributed by atoms with Crippen LogP contribution in [0, 0.1) is 5.82 Å². The first-order chi connectivity index (χ1) is 14.5.